The Morgan fingerprint density at radius 3 is 3.00 bits per heavy atom. The second-order valence-corrected chi connectivity index (χ2v) is 7.38. The van der Waals surface area contributed by atoms with Crippen LogP contribution in [-0.2, 0) is 22.5 Å². The molecule has 2 fully saturated rings. The van der Waals surface area contributed by atoms with Crippen molar-refractivity contribution < 1.29 is 9.53 Å². The van der Waals surface area contributed by atoms with E-state index in [1.165, 1.54) is 10.7 Å². The maximum absolute atomic E-state index is 12.4. The van der Waals surface area contributed by atoms with Gasteiger partial charge in [-0.2, -0.15) is 0 Å². The fraction of sp³-hybridized carbons (Fsp3) is 0.765. The molecule has 128 valence electrons. The topological polar surface area (TPSA) is 45.7 Å². The summed E-state index contributed by atoms with van der Waals surface area (Å²) in [6.07, 6.45) is 4.91. The first-order valence-electron chi connectivity index (χ1n) is 8.79. The van der Waals surface area contributed by atoms with Crippen LogP contribution in [0.4, 0.5) is 0 Å². The second kappa shape index (κ2) is 8.22. The van der Waals surface area contributed by atoms with E-state index in [-0.39, 0.29) is 12.0 Å². The van der Waals surface area contributed by atoms with Gasteiger partial charge in [0.25, 0.3) is 0 Å². The van der Waals surface area contributed by atoms with Crippen molar-refractivity contribution in [2.24, 2.45) is 0 Å². The Kier molecular flexibility index (Phi) is 6.02. The molecule has 6 heteroatoms. The van der Waals surface area contributed by atoms with E-state index in [2.05, 4.69) is 22.2 Å². The molecule has 1 aromatic heterocycles. The minimum absolute atomic E-state index is 0.157. The Morgan fingerprint density at radius 1 is 1.35 bits per heavy atom. The molecule has 5 nitrogen and oxygen atoms in total. The molecule has 1 atom stereocenters. The molecule has 0 saturated carbocycles. The monoisotopic (exact) mass is 337 g/mol. The number of amides is 1. The zero-order valence-corrected chi connectivity index (χ0v) is 14.8. The summed E-state index contributed by atoms with van der Waals surface area (Å²) in [7, 11) is 0. The highest BCUT2D eigenvalue weighted by molar-refractivity contribution is 7.09. The lowest BCUT2D eigenvalue weighted by molar-refractivity contribution is -0.133. The van der Waals surface area contributed by atoms with Crippen LogP contribution in [0.5, 0.6) is 0 Å². The number of nitrogens with zero attached hydrogens (tertiary/aromatic N) is 3. The summed E-state index contributed by atoms with van der Waals surface area (Å²) < 4.78 is 5.59. The van der Waals surface area contributed by atoms with E-state index >= 15 is 0 Å². The van der Waals surface area contributed by atoms with Gasteiger partial charge in [0.1, 0.15) is 0 Å². The normalized spacial score (nSPS) is 23.2. The number of aromatic nitrogens is 1. The second-order valence-electron chi connectivity index (χ2n) is 6.44. The van der Waals surface area contributed by atoms with Gasteiger partial charge in [-0.05, 0) is 25.7 Å². The molecule has 3 heterocycles. The molecule has 2 aliphatic rings. The molecule has 0 aromatic carbocycles. The zero-order chi connectivity index (χ0) is 16.1. The average Bonchev–Trinajstić information content (AvgIpc) is 3.16. The minimum atomic E-state index is 0.157. The summed E-state index contributed by atoms with van der Waals surface area (Å²) >= 11 is 1.75. The fourth-order valence-corrected chi connectivity index (χ4v) is 4.06. The van der Waals surface area contributed by atoms with Crippen LogP contribution in [0.2, 0.25) is 0 Å². The highest BCUT2D eigenvalue weighted by atomic mass is 32.1. The molecular weight excluding hydrogens is 310 g/mol. The van der Waals surface area contributed by atoms with Gasteiger partial charge >= 0.3 is 0 Å². The van der Waals surface area contributed by atoms with Gasteiger partial charge < -0.3 is 9.64 Å². The van der Waals surface area contributed by atoms with Crippen molar-refractivity contribution in [2.75, 3.05) is 32.8 Å². The van der Waals surface area contributed by atoms with E-state index in [0.29, 0.717) is 6.42 Å². The van der Waals surface area contributed by atoms with Gasteiger partial charge in [-0.15, -0.1) is 11.3 Å². The Balaban J connectivity index is 1.47. The lowest BCUT2D eigenvalue weighted by atomic mass is 10.1. The van der Waals surface area contributed by atoms with Gasteiger partial charge in [0.2, 0.25) is 5.91 Å². The van der Waals surface area contributed by atoms with E-state index < -0.39 is 0 Å². The van der Waals surface area contributed by atoms with Gasteiger partial charge in [-0.3, -0.25) is 9.69 Å². The van der Waals surface area contributed by atoms with Gasteiger partial charge in [0, 0.05) is 44.7 Å². The van der Waals surface area contributed by atoms with E-state index in [0.717, 1.165) is 65.0 Å². The summed E-state index contributed by atoms with van der Waals surface area (Å²) in [5.41, 5.74) is 1.17. The number of aryl methyl sites for hydroxylation is 1. The Morgan fingerprint density at radius 2 is 2.26 bits per heavy atom. The molecule has 0 spiro atoms. The van der Waals surface area contributed by atoms with E-state index in [9.17, 15) is 4.79 Å². The van der Waals surface area contributed by atoms with Gasteiger partial charge in [-0.25, -0.2) is 4.98 Å². The summed E-state index contributed by atoms with van der Waals surface area (Å²) in [5.74, 6) is 0.265. The van der Waals surface area contributed by atoms with Crippen LogP contribution in [0.1, 0.15) is 43.3 Å². The molecule has 1 aromatic rings. The van der Waals surface area contributed by atoms with Crippen molar-refractivity contribution in [3.63, 3.8) is 0 Å². The van der Waals surface area contributed by atoms with Crippen LogP contribution in [0.25, 0.3) is 0 Å². The van der Waals surface area contributed by atoms with E-state index in [1.807, 2.05) is 4.90 Å². The van der Waals surface area contributed by atoms with Crippen LogP contribution in [0.3, 0.4) is 0 Å². The number of hydrogen-bond donors (Lipinski definition) is 0. The summed E-state index contributed by atoms with van der Waals surface area (Å²) in [5, 5.41) is 3.38. The molecule has 3 rings (SSSR count). The molecule has 0 aliphatic carbocycles. The standard InChI is InChI=1S/C17H27N3O2S/c1-2-16-18-14(13-23-16)12-19-6-4-7-20(9-8-19)17(21)11-15-5-3-10-22-15/h13,15H,2-12H2,1H3. The van der Waals surface area contributed by atoms with Crippen LogP contribution in [0.15, 0.2) is 5.38 Å². The maximum Gasteiger partial charge on any atom is 0.225 e. The van der Waals surface area contributed by atoms with Gasteiger partial charge in [0.15, 0.2) is 0 Å². The molecule has 1 amide bonds. The summed E-state index contributed by atoms with van der Waals surface area (Å²) in [6, 6.07) is 0. The minimum Gasteiger partial charge on any atom is -0.378 e. The lowest BCUT2D eigenvalue weighted by Gasteiger charge is -2.22. The highest BCUT2D eigenvalue weighted by Gasteiger charge is 2.24. The third-order valence-corrected chi connectivity index (χ3v) is 5.70. The molecular formula is C17H27N3O2S. The van der Waals surface area contributed by atoms with Gasteiger partial charge in [0.05, 0.1) is 23.2 Å². The molecule has 0 N–H and O–H groups in total. The van der Waals surface area contributed by atoms with Crippen molar-refractivity contribution in [1.29, 1.82) is 0 Å². The number of ether oxygens (including phenoxy) is 1. The van der Waals surface area contributed by atoms with Crippen LogP contribution in [-0.4, -0.2) is 59.6 Å². The van der Waals surface area contributed by atoms with Crippen molar-refractivity contribution in [2.45, 2.75) is 51.7 Å². The van der Waals surface area contributed by atoms with Crippen molar-refractivity contribution >= 4 is 17.2 Å². The Hall–Kier alpha value is -0.980. The molecule has 0 bridgehead atoms. The van der Waals surface area contributed by atoms with Crippen LogP contribution < -0.4 is 0 Å². The molecule has 1 unspecified atom stereocenters. The number of hydrogen-bond acceptors (Lipinski definition) is 5. The van der Waals surface area contributed by atoms with Crippen LogP contribution >= 0.6 is 11.3 Å². The quantitative estimate of drug-likeness (QED) is 0.827. The molecule has 2 aliphatic heterocycles. The first kappa shape index (κ1) is 16.9. The smallest absolute Gasteiger partial charge is 0.225 e. The largest absolute Gasteiger partial charge is 0.378 e. The van der Waals surface area contributed by atoms with E-state index in [1.54, 1.807) is 11.3 Å². The molecule has 23 heavy (non-hydrogen) atoms. The first-order valence-corrected chi connectivity index (χ1v) is 9.67. The predicted molar refractivity (Wildman–Crippen MR) is 91.6 cm³/mol. The third-order valence-electron chi connectivity index (χ3n) is 4.65. The van der Waals surface area contributed by atoms with E-state index in [4.69, 9.17) is 4.74 Å². The van der Waals surface area contributed by atoms with Gasteiger partial charge in [-0.1, -0.05) is 6.92 Å². The Labute approximate surface area is 142 Å². The summed E-state index contributed by atoms with van der Waals surface area (Å²) in [6.45, 7) is 7.56. The number of rotatable bonds is 5. The predicted octanol–water partition coefficient (Wildman–Crippen LogP) is 2.31. The average molecular weight is 337 g/mol. The molecule has 0 radical (unpaired) electrons. The number of carbonyl (C=O) groups is 1. The number of thiazole rings is 1. The lowest BCUT2D eigenvalue weighted by Crippen LogP contribution is -2.36. The van der Waals surface area contributed by atoms with Crippen molar-refractivity contribution in [3.05, 3.63) is 16.1 Å². The maximum atomic E-state index is 12.4. The van der Waals surface area contributed by atoms with Crippen molar-refractivity contribution in [3.8, 4) is 0 Å². The first-order chi connectivity index (χ1) is 11.2. The van der Waals surface area contributed by atoms with Crippen LogP contribution in [0, 0.1) is 0 Å². The number of carbonyl (C=O) groups excluding carboxylic acids is 1. The zero-order valence-electron chi connectivity index (χ0n) is 14.0. The summed E-state index contributed by atoms with van der Waals surface area (Å²) in [4.78, 5) is 21.5. The van der Waals surface area contributed by atoms with Crippen molar-refractivity contribution in [1.82, 2.24) is 14.8 Å². The fourth-order valence-electron chi connectivity index (χ4n) is 3.32. The third kappa shape index (κ3) is 4.75. The Bertz CT molecular complexity index is 514. The SMILES string of the molecule is CCc1nc(CN2CCCN(C(=O)CC3CCCO3)CC2)cs1. The highest BCUT2D eigenvalue weighted by Crippen LogP contribution is 2.18. The molecule has 2 saturated heterocycles.